The van der Waals surface area contributed by atoms with Crippen LogP contribution in [0.4, 0.5) is 0 Å². The lowest BCUT2D eigenvalue weighted by Gasteiger charge is -2.32. The first-order valence-corrected chi connectivity index (χ1v) is 11.3. The van der Waals surface area contributed by atoms with E-state index in [1.807, 2.05) is 19.2 Å². The van der Waals surface area contributed by atoms with E-state index in [-0.39, 0.29) is 0 Å². The Morgan fingerprint density at radius 3 is 2.60 bits per heavy atom. The number of aromatic nitrogens is 1. The average Bonchev–Trinajstić information content (AvgIpc) is 3.21. The summed E-state index contributed by atoms with van der Waals surface area (Å²) >= 11 is 0. The van der Waals surface area contributed by atoms with E-state index in [0.717, 1.165) is 50.0 Å². The number of fused-ring (bicyclic) bond motifs is 1. The normalized spacial score (nSPS) is 14.9. The van der Waals surface area contributed by atoms with Gasteiger partial charge in [-0.2, -0.15) is 0 Å². The van der Waals surface area contributed by atoms with Crippen molar-refractivity contribution in [3.8, 4) is 5.75 Å². The fourth-order valence-electron chi connectivity index (χ4n) is 4.50. The molecule has 30 heavy (non-hydrogen) atoms. The number of rotatable bonds is 8. The predicted molar refractivity (Wildman–Crippen MR) is 122 cm³/mol. The number of H-pyrrole nitrogens is 1. The molecule has 1 aliphatic rings. The number of carbonyl (C=O) groups is 1. The van der Waals surface area contributed by atoms with E-state index in [2.05, 4.69) is 52.3 Å². The molecule has 2 heterocycles. The van der Waals surface area contributed by atoms with Crippen LogP contribution in [0, 0.1) is 5.92 Å². The lowest BCUT2D eigenvalue weighted by Crippen LogP contribution is -2.38. The van der Waals surface area contributed by atoms with Crippen LogP contribution in [-0.4, -0.2) is 35.5 Å². The van der Waals surface area contributed by atoms with Crippen molar-refractivity contribution in [3.63, 3.8) is 0 Å². The van der Waals surface area contributed by atoms with E-state index in [1.54, 1.807) is 0 Å². The quantitative estimate of drug-likeness (QED) is 0.548. The molecule has 1 saturated heterocycles. The maximum atomic E-state index is 12.7. The molecule has 1 amide bonds. The molecule has 0 unspecified atom stereocenters. The Morgan fingerprint density at radius 2 is 1.83 bits per heavy atom. The summed E-state index contributed by atoms with van der Waals surface area (Å²) in [7, 11) is 0. The second-order valence-corrected chi connectivity index (χ2v) is 8.30. The predicted octanol–water partition coefficient (Wildman–Crippen LogP) is 5.37. The molecule has 0 atom stereocenters. The fourth-order valence-corrected chi connectivity index (χ4v) is 4.50. The van der Waals surface area contributed by atoms with Gasteiger partial charge in [0, 0.05) is 36.6 Å². The van der Waals surface area contributed by atoms with Gasteiger partial charge in [0.15, 0.2) is 0 Å². The monoisotopic (exact) mass is 404 g/mol. The highest BCUT2D eigenvalue weighted by molar-refractivity contribution is 5.84. The van der Waals surface area contributed by atoms with Crippen LogP contribution in [0.15, 0.2) is 54.7 Å². The number of hydrogen-bond donors (Lipinski definition) is 1. The number of likely N-dealkylation sites (tertiary alicyclic amines) is 1. The number of hydrogen-bond acceptors (Lipinski definition) is 2. The van der Waals surface area contributed by atoms with Crippen molar-refractivity contribution in [2.45, 2.75) is 45.4 Å². The Hall–Kier alpha value is -2.75. The summed E-state index contributed by atoms with van der Waals surface area (Å²) in [5, 5.41) is 1.23. The third-order valence-corrected chi connectivity index (χ3v) is 6.33. The van der Waals surface area contributed by atoms with Gasteiger partial charge in [0.2, 0.25) is 5.91 Å². The number of benzene rings is 2. The smallest absolute Gasteiger partial charge is 0.222 e. The van der Waals surface area contributed by atoms with Gasteiger partial charge in [0.1, 0.15) is 5.75 Å². The summed E-state index contributed by atoms with van der Waals surface area (Å²) in [6, 6.07) is 16.8. The van der Waals surface area contributed by atoms with Gasteiger partial charge in [-0.25, -0.2) is 0 Å². The number of para-hydroxylation sites is 1. The zero-order valence-corrected chi connectivity index (χ0v) is 17.9. The Balaban J connectivity index is 1.19. The highest BCUT2D eigenvalue weighted by Gasteiger charge is 2.22. The van der Waals surface area contributed by atoms with Gasteiger partial charge in [0.25, 0.3) is 0 Å². The molecular formula is C26H32N2O2. The fraction of sp³-hybridized carbons (Fsp3) is 0.423. The summed E-state index contributed by atoms with van der Waals surface area (Å²) in [6.07, 6.45) is 7.99. The zero-order valence-electron chi connectivity index (χ0n) is 17.9. The summed E-state index contributed by atoms with van der Waals surface area (Å²) in [5.74, 6) is 1.96. The van der Waals surface area contributed by atoms with Crippen molar-refractivity contribution in [2.75, 3.05) is 19.7 Å². The molecule has 1 aliphatic heterocycles. The molecule has 3 aromatic rings. The van der Waals surface area contributed by atoms with Crippen LogP contribution in [0.3, 0.4) is 0 Å². The molecule has 4 heteroatoms. The molecular weight excluding hydrogens is 372 g/mol. The van der Waals surface area contributed by atoms with E-state index >= 15 is 0 Å². The van der Waals surface area contributed by atoms with Crippen LogP contribution in [0.5, 0.6) is 5.75 Å². The molecule has 2 aromatic carbocycles. The van der Waals surface area contributed by atoms with E-state index in [0.29, 0.717) is 24.9 Å². The number of aryl methyl sites for hydroxylation is 2. The average molecular weight is 405 g/mol. The SMILES string of the molecule is CCOc1ccc(CCC2CCN(C(=O)CCc3c[nH]c4ccccc34)CC2)cc1. The van der Waals surface area contributed by atoms with Gasteiger partial charge in [-0.05, 0) is 74.3 Å². The first-order chi connectivity index (χ1) is 14.7. The van der Waals surface area contributed by atoms with Crippen molar-refractivity contribution in [1.29, 1.82) is 0 Å². The van der Waals surface area contributed by atoms with Crippen molar-refractivity contribution >= 4 is 16.8 Å². The Morgan fingerprint density at radius 1 is 1.07 bits per heavy atom. The molecule has 1 fully saturated rings. The first kappa shape index (κ1) is 20.5. The molecule has 0 aliphatic carbocycles. The number of piperidine rings is 1. The second-order valence-electron chi connectivity index (χ2n) is 8.30. The third-order valence-electron chi connectivity index (χ3n) is 6.33. The van der Waals surface area contributed by atoms with Crippen LogP contribution in [0.25, 0.3) is 10.9 Å². The van der Waals surface area contributed by atoms with Crippen LogP contribution in [0.1, 0.15) is 43.7 Å². The largest absolute Gasteiger partial charge is 0.494 e. The van der Waals surface area contributed by atoms with E-state index in [9.17, 15) is 4.79 Å². The molecule has 0 bridgehead atoms. The van der Waals surface area contributed by atoms with Crippen molar-refractivity contribution in [3.05, 3.63) is 65.9 Å². The van der Waals surface area contributed by atoms with Crippen molar-refractivity contribution < 1.29 is 9.53 Å². The van der Waals surface area contributed by atoms with Crippen LogP contribution in [-0.2, 0) is 17.6 Å². The maximum Gasteiger partial charge on any atom is 0.222 e. The van der Waals surface area contributed by atoms with Gasteiger partial charge < -0.3 is 14.6 Å². The molecule has 4 nitrogen and oxygen atoms in total. The Kier molecular flexibility index (Phi) is 6.73. The number of nitrogens with zero attached hydrogens (tertiary/aromatic N) is 1. The minimum atomic E-state index is 0.297. The van der Waals surface area contributed by atoms with E-state index in [1.165, 1.54) is 22.9 Å². The van der Waals surface area contributed by atoms with E-state index in [4.69, 9.17) is 4.74 Å². The van der Waals surface area contributed by atoms with Gasteiger partial charge in [-0.15, -0.1) is 0 Å². The summed E-state index contributed by atoms with van der Waals surface area (Å²) in [4.78, 5) is 18.1. The minimum Gasteiger partial charge on any atom is -0.494 e. The minimum absolute atomic E-state index is 0.297. The lowest BCUT2D eigenvalue weighted by molar-refractivity contribution is -0.132. The van der Waals surface area contributed by atoms with E-state index < -0.39 is 0 Å². The van der Waals surface area contributed by atoms with Crippen LogP contribution >= 0.6 is 0 Å². The third kappa shape index (κ3) is 5.05. The van der Waals surface area contributed by atoms with Gasteiger partial charge in [0.05, 0.1) is 6.61 Å². The number of aromatic amines is 1. The first-order valence-electron chi connectivity index (χ1n) is 11.3. The zero-order chi connectivity index (χ0) is 20.8. The number of ether oxygens (including phenoxy) is 1. The number of amides is 1. The topological polar surface area (TPSA) is 45.3 Å². The highest BCUT2D eigenvalue weighted by atomic mass is 16.5. The summed E-state index contributed by atoms with van der Waals surface area (Å²) in [5.41, 5.74) is 3.76. The van der Waals surface area contributed by atoms with Gasteiger partial charge in [-0.1, -0.05) is 30.3 Å². The van der Waals surface area contributed by atoms with Crippen LogP contribution < -0.4 is 4.74 Å². The standard InChI is InChI=1S/C26H32N2O2/c1-2-30-23-12-9-20(10-13-23)7-8-21-15-17-28(18-16-21)26(29)14-11-22-19-27-25-6-4-3-5-24(22)25/h3-6,9-10,12-13,19,21,27H,2,7-8,11,14-18H2,1H3. The molecule has 1 N–H and O–H groups in total. The number of nitrogens with one attached hydrogen (secondary N) is 1. The van der Waals surface area contributed by atoms with Crippen molar-refractivity contribution in [2.24, 2.45) is 5.92 Å². The highest BCUT2D eigenvalue weighted by Crippen LogP contribution is 2.24. The lowest BCUT2D eigenvalue weighted by atomic mass is 9.90. The van der Waals surface area contributed by atoms with Gasteiger partial charge >= 0.3 is 0 Å². The molecule has 1 aromatic heterocycles. The summed E-state index contributed by atoms with van der Waals surface area (Å²) < 4.78 is 5.51. The van der Waals surface area contributed by atoms with Gasteiger partial charge in [-0.3, -0.25) is 4.79 Å². The van der Waals surface area contributed by atoms with Crippen molar-refractivity contribution in [1.82, 2.24) is 9.88 Å². The van der Waals surface area contributed by atoms with Crippen LogP contribution in [0.2, 0.25) is 0 Å². The number of carbonyl (C=O) groups excluding carboxylic acids is 1. The molecule has 4 rings (SSSR count). The molecule has 0 spiro atoms. The summed E-state index contributed by atoms with van der Waals surface area (Å²) in [6.45, 7) is 4.52. The molecule has 0 radical (unpaired) electrons. The maximum absolute atomic E-state index is 12.7. The molecule has 0 saturated carbocycles. The molecule has 158 valence electrons. The Bertz CT molecular complexity index is 953. The second kappa shape index (κ2) is 9.84. The Labute approximate surface area is 179 Å².